The third-order valence-corrected chi connectivity index (χ3v) is 15.8. The lowest BCUT2D eigenvalue weighted by molar-refractivity contribution is -0.197. The molecule has 0 aromatic heterocycles. The van der Waals surface area contributed by atoms with Crippen LogP contribution in [0.2, 0.25) is 0 Å². The van der Waals surface area contributed by atoms with E-state index in [2.05, 4.69) is 73.7 Å². The lowest BCUT2D eigenvalue weighted by Gasteiger charge is -2.32. The summed E-state index contributed by atoms with van der Waals surface area (Å²) in [6.45, 7) is 9.04. The van der Waals surface area contributed by atoms with Gasteiger partial charge in [0.25, 0.3) is 0 Å². The van der Waals surface area contributed by atoms with Crippen LogP contribution < -0.4 is 0 Å². The van der Waals surface area contributed by atoms with Crippen molar-refractivity contribution in [3.8, 4) is 0 Å². The van der Waals surface area contributed by atoms with Gasteiger partial charge in [0.15, 0.2) is 12.6 Å². The summed E-state index contributed by atoms with van der Waals surface area (Å²) in [4.78, 5) is 23.3. The maximum absolute atomic E-state index is 11.8. The fourth-order valence-electron chi connectivity index (χ4n) is 11.5. The molecule has 4 fully saturated rings. The molecule has 416 valence electrons. The third kappa shape index (κ3) is 23.9. The lowest BCUT2D eigenvalue weighted by atomic mass is 9.83. The van der Waals surface area contributed by atoms with Gasteiger partial charge < -0.3 is 43.7 Å². The molecule has 2 saturated heterocycles. The number of carbonyl (C=O) groups excluding carboxylic acids is 2. The molecule has 2 heterocycles. The fraction of sp³-hybridized carbons (Fsp3) is 0.714. The van der Waals surface area contributed by atoms with Gasteiger partial charge >= 0.3 is 11.9 Å². The first kappa shape index (κ1) is 61.4. The third-order valence-electron chi connectivity index (χ3n) is 15.8. The molecular weight excluding hydrogens is 933 g/mol. The highest BCUT2D eigenvalue weighted by atomic mass is 16.7. The molecule has 2 saturated carbocycles. The van der Waals surface area contributed by atoms with Gasteiger partial charge in [0.05, 0.1) is 43.7 Å². The van der Waals surface area contributed by atoms with Crippen molar-refractivity contribution in [3.05, 3.63) is 96.1 Å². The Balaban J connectivity index is 0.000000290. The molecular formula is C63H98O11. The summed E-state index contributed by atoms with van der Waals surface area (Å²) in [5.74, 6) is 1.45. The maximum atomic E-state index is 11.8. The molecule has 11 nitrogen and oxygen atoms in total. The summed E-state index contributed by atoms with van der Waals surface area (Å²) in [6.07, 6.45) is 30.5. The Hall–Kier alpha value is -3.42. The number of hydrogen-bond acceptors (Lipinski definition) is 11. The molecule has 0 radical (unpaired) electrons. The number of unbranched alkanes of at least 4 members (excludes halogenated alkanes) is 2. The van der Waals surface area contributed by atoms with E-state index in [9.17, 15) is 24.9 Å². The van der Waals surface area contributed by atoms with Gasteiger partial charge in [-0.2, -0.15) is 0 Å². The summed E-state index contributed by atoms with van der Waals surface area (Å²) in [5.41, 5.74) is 2.59. The molecule has 4 aliphatic rings. The van der Waals surface area contributed by atoms with Crippen LogP contribution in [0.15, 0.2) is 85.0 Å². The molecule has 11 heteroatoms. The Morgan fingerprint density at radius 1 is 0.635 bits per heavy atom. The average molecular weight is 1030 g/mol. The van der Waals surface area contributed by atoms with Crippen LogP contribution in [-0.4, -0.2) is 96.8 Å². The van der Waals surface area contributed by atoms with Gasteiger partial charge in [-0.25, -0.2) is 0 Å². The van der Waals surface area contributed by atoms with E-state index < -0.39 is 18.3 Å². The summed E-state index contributed by atoms with van der Waals surface area (Å²) < 4.78 is 35.6. The van der Waals surface area contributed by atoms with Crippen molar-refractivity contribution in [1.29, 1.82) is 0 Å². The van der Waals surface area contributed by atoms with Crippen molar-refractivity contribution in [1.82, 2.24) is 0 Å². The molecule has 0 amide bonds. The molecule has 0 bridgehead atoms. The predicted molar refractivity (Wildman–Crippen MR) is 293 cm³/mol. The number of rotatable bonds is 32. The zero-order chi connectivity index (χ0) is 52.6. The molecule has 2 aliphatic carbocycles. The van der Waals surface area contributed by atoms with Crippen LogP contribution in [0.4, 0.5) is 0 Å². The highest BCUT2D eigenvalue weighted by molar-refractivity contribution is 5.69. The van der Waals surface area contributed by atoms with E-state index in [0.29, 0.717) is 69.5 Å². The van der Waals surface area contributed by atoms with Crippen molar-refractivity contribution < 1.29 is 53.3 Å². The van der Waals surface area contributed by atoms with Crippen LogP contribution >= 0.6 is 0 Å². The van der Waals surface area contributed by atoms with Crippen molar-refractivity contribution >= 4 is 11.9 Å². The second kappa shape index (κ2) is 36.6. The Morgan fingerprint density at radius 2 is 1.18 bits per heavy atom. The van der Waals surface area contributed by atoms with Crippen molar-refractivity contribution in [2.75, 3.05) is 26.4 Å². The van der Waals surface area contributed by atoms with Crippen molar-refractivity contribution in [2.45, 2.75) is 231 Å². The molecule has 74 heavy (non-hydrogen) atoms. The first-order valence-electron chi connectivity index (χ1n) is 29.4. The first-order chi connectivity index (χ1) is 36.1. The zero-order valence-electron chi connectivity index (χ0n) is 45.8. The van der Waals surface area contributed by atoms with E-state index in [1.165, 1.54) is 24.0 Å². The molecule has 2 unspecified atom stereocenters. The Morgan fingerprint density at radius 3 is 1.74 bits per heavy atom. The number of aliphatic hydroxyl groups is 3. The molecule has 3 N–H and O–H groups in total. The molecule has 2 aromatic carbocycles. The molecule has 0 spiro atoms. The van der Waals surface area contributed by atoms with Gasteiger partial charge in [-0.05, 0) is 195 Å². The smallest absolute Gasteiger partial charge is 0.305 e. The van der Waals surface area contributed by atoms with Gasteiger partial charge in [-0.3, -0.25) is 9.59 Å². The number of ether oxygens (including phenoxy) is 6. The molecule has 12 atom stereocenters. The number of allylic oxidation sites excluding steroid dienone is 4. The van der Waals surface area contributed by atoms with Crippen LogP contribution in [0.5, 0.6) is 0 Å². The molecule has 6 rings (SSSR count). The van der Waals surface area contributed by atoms with E-state index in [0.717, 1.165) is 129 Å². The van der Waals surface area contributed by atoms with Gasteiger partial charge in [-0.15, -0.1) is 0 Å². The van der Waals surface area contributed by atoms with E-state index in [4.69, 9.17) is 28.4 Å². The normalized spacial score (nSPS) is 26.9. The van der Waals surface area contributed by atoms with Crippen molar-refractivity contribution in [3.63, 3.8) is 0 Å². The second-order valence-corrected chi connectivity index (χ2v) is 21.8. The Bertz CT molecular complexity index is 1810. The first-order valence-corrected chi connectivity index (χ1v) is 29.4. The Labute approximate surface area is 446 Å². The number of hydrogen-bond donors (Lipinski definition) is 3. The van der Waals surface area contributed by atoms with Crippen LogP contribution in [-0.2, 0) is 50.9 Å². The van der Waals surface area contributed by atoms with Crippen LogP contribution in [0.1, 0.15) is 186 Å². The van der Waals surface area contributed by atoms with E-state index in [1.54, 1.807) is 0 Å². The SMILES string of the molecule is CCCOC(=O)CCC/C=C\C[C@@H]1[C@@H](CC[C@@H](O)CCc2ccccc2)[C@H](O)C[C@@H]1O.CCCOC(=O)CCC/C=C\C[C@@H]1[C@@H](CC[C@H](CCc2ccccc2)OC2CCCCO2)[C@H](C)C[C@@H]1OC1CCCCO1. The average Bonchev–Trinajstić information content (AvgIpc) is 3.87. The Kier molecular flexibility index (Phi) is 30.4. The minimum Gasteiger partial charge on any atom is -0.466 e. The van der Waals surface area contributed by atoms with E-state index >= 15 is 0 Å². The van der Waals surface area contributed by atoms with Crippen LogP contribution in [0, 0.1) is 29.6 Å². The number of benzene rings is 2. The lowest BCUT2D eigenvalue weighted by Crippen LogP contribution is -2.32. The molecule has 2 aliphatic heterocycles. The standard InChI is InChI=1S/C37H58O6.C26H40O5/c1-3-25-39-35(38)18-10-5-4-9-17-33-32(29(2)28-34(33)43-37-20-12-14-27-41-37)24-23-31(42-36-19-11-13-26-40-36)22-21-30-15-7-6-8-16-30;1-2-18-31-26(30)13-9-4-3-8-12-22-23(25(29)19-24(22)28)17-16-21(27)15-14-20-10-6-5-7-11-20/h4,6-9,15-16,29,31-34,36-37H,3,5,10-14,17-28H2,1-2H3;3,5-8,10-11,21-25,27-29H,2,4,9,12-19H2,1H3/b9-4-;8-3-/t29-,31+,32+,33-,34+,36?,37?;21-,22+,23+,24-,25+/m10/s1. The van der Waals surface area contributed by atoms with Gasteiger partial charge in [-0.1, -0.05) is 106 Å². The topological polar surface area (TPSA) is 150 Å². The number of aryl methyl sites for hydroxylation is 2. The van der Waals surface area contributed by atoms with Gasteiger partial charge in [0, 0.05) is 26.1 Å². The van der Waals surface area contributed by atoms with Gasteiger partial charge in [0.1, 0.15) is 0 Å². The van der Waals surface area contributed by atoms with Crippen molar-refractivity contribution in [2.24, 2.45) is 29.6 Å². The van der Waals surface area contributed by atoms with Crippen LogP contribution in [0.25, 0.3) is 0 Å². The summed E-state index contributed by atoms with van der Waals surface area (Å²) in [6, 6.07) is 20.9. The number of carbonyl (C=O) groups is 2. The minimum absolute atomic E-state index is 0.00930. The van der Waals surface area contributed by atoms with E-state index in [1.807, 2.05) is 32.0 Å². The van der Waals surface area contributed by atoms with Crippen LogP contribution in [0.3, 0.4) is 0 Å². The fourth-order valence-corrected chi connectivity index (χ4v) is 11.5. The molecule has 2 aromatic rings. The van der Waals surface area contributed by atoms with Gasteiger partial charge in [0.2, 0.25) is 0 Å². The quantitative estimate of drug-likeness (QED) is 0.0365. The minimum atomic E-state index is -0.511. The highest BCUT2D eigenvalue weighted by Crippen LogP contribution is 2.45. The summed E-state index contributed by atoms with van der Waals surface area (Å²) in [7, 11) is 0. The second-order valence-electron chi connectivity index (χ2n) is 21.8. The zero-order valence-corrected chi connectivity index (χ0v) is 45.8. The monoisotopic (exact) mass is 1030 g/mol. The number of aliphatic hydroxyl groups excluding tert-OH is 3. The largest absolute Gasteiger partial charge is 0.466 e. The summed E-state index contributed by atoms with van der Waals surface area (Å²) >= 11 is 0. The van der Waals surface area contributed by atoms with E-state index in [-0.39, 0.29) is 48.6 Å². The number of esters is 2. The predicted octanol–water partition coefficient (Wildman–Crippen LogP) is 12.8. The maximum Gasteiger partial charge on any atom is 0.305 e. The summed E-state index contributed by atoms with van der Waals surface area (Å²) in [5, 5.41) is 31.2. The highest BCUT2D eigenvalue weighted by Gasteiger charge is 2.43.